The van der Waals surface area contributed by atoms with E-state index in [1.807, 2.05) is 57.2 Å². The van der Waals surface area contributed by atoms with Crippen molar-refractivity contribution in [3.8, 4) is 0 Å². The molecule has 0 radical (unpaired) electrons. The van der Waals surface area contributed by atoms with Gasteiger partial charge in [-0.1, -0.05) is 55.5 Å². The number of ether oxygens (including phenoxy) is 2. The summed E-state index contributed by atoms with van der Waals surface area (Å²) in [6.07, 6.45) is -0.0914. The lowest BCUT2D eigenvalue weighted by molar-refractivity contribution is -0.155. The summed E-state index contributed by atoms with van der Waals surface area (Å²) in [4.78, 5) is 25.2. The van der Waals surface area contributed by atoms with Crippen LogP contribution in [0.2, 0.25) is 0 Å². The highest BCUT2D eigenvalue weighted by Crippen LogP contribution is 2.48. The molecule has 4 nitrogen and oxygen atoms in total. The van der Waals surface area contributed by atoms with E-state index < -0.39 is 23.5 Å². The van der Waals surface area contributed by atoms with Gasteiger partial charge >= 0.3 is 11.9 Å². The Morgan fingerprint density at radius 1 is 1.04 bits per heavy atom. The summed E-state index contributed by atoms with van der Waals surface area (Å²) < 4.78 is 11.5. The summed E-state index contributed by atoms with van der Waals surface area (Å²) in [6.45, 7) is 5.71. The van der Waals surface area contributed by atoms with Gasteiger partial charge in [0, 0.05) is 0 Å². The Morgan fingerprint density at radius 3 is 2.19 bits per heavy atom. The van der Waals surface area contributed by atoms with E-state index in [2.05, 4.69) is 0 Å². The Labute approximate surface area is 153 Å². The Morgan fingerprint density at radius 2 is 1.62 bits per heavy atom. The molecule has 1 heterocycles. The van der Waals surface area contributed by atoms with E-state index in [9.17, 15) is 9.59 Å². The van der Waals surface area contributed by atoms with Crippen molar-refractivity contribution in [1.82, 2.24) is 0 Å². The van der Waals surface area contributed by atoms with Gasteiger partial charge in [0.25, 0.3) is 0 Å². The number of hydrogen-bond acceptors (Lipinski definition) is 4. The van der Waals surface area contributed by atoms with Crippen molar-refractivity contribution in [1.29, 1.82) is 0 Å². The van der Waals surface area contributed by atoms with Gasteiger partial charge in [-0.15, -0.1) is 0 Å². The first kappa shape index (κ1) is 17.9. The molecule has 0 saturated carbocycles. The van der Waals surface area contributed by atoms with Crippen LogP contribution in [0.4, 0.5) is 0 Å². The quantitative estimate of drug-likeness (QED) is 0.741. The molecule has 0 aromatic heterocycles. The zero-order valence-electron chi connectivity index (χ0n) is 15.2. The van der Waals surface area contributed by atoms with Gasteiger partial charge in [0.15, 0.2) is 0 Å². The maximum atomic E-state index is 12.6. The molecule has 0 amide bonds. The molecule has 0 spiro atoms. The van der Waals surface area contributed by atoms with Crippen LogP contribution in [0, 0.1) is 5.41 Å². The van der Waals surface area contributed by atoms with Crippen LogP contribution in [-0.4, -0.2) is 11.9 Å². The molecule has 1 aliphatic heterocycles. The van der Waals surface area contributed by atoms with Gasteiger partial charge < -0.3 is 9.47 Å². The molecule has 0 saturated heterocycles. The Hall–Kier alpha value is -2.88. The van der Waals surface area contributed by atoms with Gasteiger partial charge in [-0.25, -0.2) is 9.59 Å². The molecule has 0 unspecified atom stereocenters. The van der Waals surface area contributed by atoms with E-state index in [1.54, 1.807) is 24.3 Å². The first-order valence-corrected chi connectivity index (χ1v) is 8.72. The van der Waals surface area contributed by atoms with E-state index in [1.165, 1.54) is 0 Å². The lowest BCUT2D eigenvalue weighted by atomic mass is 9.77. The molecule has 134 valence electrons. The second-order valence-corrected chi connectivity index (χ2v) is 6.83. The normalized spacial score (nSPS) is 19.0. The van der Waals surface area contributed by atoms with Crippen LogP contribution in [0.25, 0.3) is 0 Å². The number of carbonyl (C=O) groups is 2. The molecule has 1 aliphatic rings. The summed E-state index contributed by atoms with van der Waals surface area (Å²) in [7, 11) is 0. The first-order valence-electron chi connectivity index (χ1n) is 8.72. The summed E-state index contributed by atoms with van der Waals surface area (Å²) in [5.41, 5.74) is 1.05. The lowest BCUT2D eigenvalue weighted by Crippen LogP contribution is -2.37. The predicted molar refractivity (Wildman–Crippen MR) is 98.2 cm³/mol. The minimum absolute atomic E-state index is 0.388. The minimum atomic E-state index is -0.676. The standard InChI is InChI=1S/C22H22O4/c1-4-17-19(26-20(23)16-13-9-6-10-14-16)22(2,3)18(25-21(17)24)15-11-7-5-8-12-15/h5-14,18H,4H2,1-3H3/t18-/m0/s1. The zero-order valence-corrected chi connectivity index (χ0v) is 15.2. The number of carbonyl (C=O) groups excluding carboxylic acids is 2. The topological polar surface area (TPSA) is 52.6 Å². The van der Waals surface area contributed by atoms with E-state index >= 15 is 0 Å². The molecule has 4 heteroatoms. The van der Waals surface area contributed by atoms with Gasteiger partial charge in [0.2, 0.25) is 0 Å². The molecule has 0 aliphatic carbocycles. The van der Waals surface area contributed by atoms with E-state index in [0.29, 0.717) is 23.3 Å². The highest BCUT2D eigenvalue weighted by atomic mass is 16.6. The molecule has 0 bridgehead atoms. The number of hydrogen-bond donors (Lipinski definition) is 0. The number of rotatable bonds is 4. The maximum Gasteiger partial charge on any atom is 0.343 e. The van der Waals surface area contributed by atoms with Crippen molar-refractivity contribution < 1.29 is 19.1 Å². The fourth-order valence-corrected chi connectivity index (χ4v) is 3.26. The van der Waals surface area contributed by atoms with Crippen LogP contribution in [0.15, 0.2) is 72.0 Å². The monoisotopic (exact) mass is 350 g/mol. The van der Waals surface area contributed by atoms with Crippen LogP contribution in [0.5, 0.6) is 0 Å². The molecule has 0 fully saturated rings. The average molecular weight is 350 g/mol. The van der Waals surface area contributed by atoms with Crippen LogP contribution >= 0.6 is 0 Å². The number of benzene rings is 2. The largest absolute Gasteiger partial charge is 0.453 e. The van der Waals surface area contributed by atoms with Crippen molar-refractivity contribution in [3.05, 3.63) is 83.1 Å². The van der Waals surface area contributed by atoms with Gasteiger partial charge in [0.05, 0.1) is 16.6 Å². The fourth-order valence-electron chi connectivity index (χ4n) is 3.26. The van der Waals surface area contributed by atoms with Crippen LogP contribution in [-0.2, 0) is 14.3 Å². The Bertz CT molecular complexity index is 835. The van der Waals surface area contributed by atoms with Gasteiger partial charge in [-0.3, -0.25) is 0 Å². The predicted octanol–water partition coefficient (Wildman–Crippen LogP) is 4.83. The Kier molecular flexibility index (Phi) is 4.94. The van der Waals surface area contributed by atoms with Crippen LogP contribution in [0.3, 0.4) is 0 Å². The summed E-state index contributed by atoms with van der Waals surface area (Å²) >= 11 is 0. The van der Waals surface area contributed by atoms with E-state index in [4.69, 9.17) is 9.47 Å². The molecule has 2 aromatic rings. The minimum Gasteiger partial charge on any atom is -0.453 e. The lowest BCUT2D eigenvalue weighted by Gasteiger charge is -2.40. The molecule has 1 atom stereocenters. The third-order valence-electron chi connectivity index (χ3n) is 4.65. The number of esters is 2. The van der Waals surface area contributed by atoms with Gasteiger partial charge in [-0.05, 0) is 38.0 Å². The van der Waals surface area contributed by atoms with Gasteiger partial charge in [0.1, 0.15) is 11.9 Å². The van der Waals surface area contributed by atoms with E-state index in [-0.39, 0.29) is 0 Å². The Balaban J connectivity index is 2.01. The van der Waals surface area contributed by atoms with E-state index in [0.717, 1.165) is 5.56 Å². The maximum absolute atomic E-state index is 12.6. The molecular weight excluding hydrogens is 328 g/mol. The molecule has 3 rings (SSSR count). The molecule has 2 aromatic carbocycles. The summed E-state index contributed by atoms with van der Waals surface area (Å²) in [6, 6.07) is 18.3. The smallest absolute Gasteiger partial charge is 0.343 e. The third kappa shape index (κ3) is 3.27. The first-order chi connectivity index (χ1) is 12.4. The van der Waals surface area contributed by atoms with Crippen molar-refractivity contribution in [2.45, 2.75) is 33.3 Å². The summed E-state index contributed by atoms with van der Waals surface area (Å²) in [5, 5.41) is 0. The van der Waals surface area contributed by atoms with Gasteiger partial charge in [-0.2, -0.15) is 0 Å². The molecule has 26 heavy (non-hydrogen) atoms. The van der Waals surface area contributed by atoms with Crippen molar-refractivity contribution in [3.63, 3.8) is 0 Å². The molecular formula is C22H22O4. The highest BCUT2D eigenvalue weighted by molar-refractivity contribution is 5.93. The second-order valence-electron chi connectivity index (χ2n) is 6.83. The number of cyclic esters (lactones) is 1. The average Bonchev–Trinajstić information content (AvgIpc) is 2.66. The van der Waals surface area contributed by atoms with Crippen LogP contribution in [0.1, 0.15) is 49.2 Å². The second kappa shape index (κ2) is 7.16. The van der Waals surface area contributed by atoms with Crippen LogP contribution < -0.4 is 0 Å². The summed E-state index contributed by atoms with van der Waals surface area (Å²) in [5.74, 6) is -0.517. The zero-order chi connectivity index (χ0) is 18.7. The van der Waals surface area contributed by atoms with Crippen molar-refractivity contribution >= 4 is 11.9 Å². The fraction of sp³-hybridized carbons (Fsp3) is 0.273. The molecule has 0 N–H and O–H groups in total. The van der Waals surface area contributed by atoms with Crippen molar-refractivity contribution in [2.75, 3.05) is 0 Å². The van der Waals surface area contributed by atoms with Crippen molar-refractivity contribution in [2.24, 2.45) is 5.41 Å². The SMILES string of the molecule is CCC1=C(OC(=O)c2ccccc2)C(C)(C)[C@H](c2ccccc2)OC1=O. The highest BCUT2D eigenvalue weighted by Gasteiger charge is 2.46. The third-order valence-corrected chi connectivity index (χ3v) is 4.65.